The maximum absolute atomic E-state index is 5.88. The van der Waals surface area contributed by atoms with Gasteiger partial charge in [-0.2, -0.15) is 0 Å². The molecular weight excluding hydrogens is 326 g/mol. The Bertz CT molecular complexity index is 332. The van der Waals surface area contributed by atoms with Crippen LogP contribution in [0, 0.1) is 0 Å². The molecule has 0 aromatic carbocycles. The van der Waals surface area contributed by atoms with E-state index in [2.05, 4.69) is 19.2 Å². The number of hydrogen-bond acceptors (Lipinski definition) is 4. The van der Waals surface area contributed by atoms with Crippen molar-refractivity contribution >= 4 is 0 Å². The molecular formula is C22H45NO3. The van der Waals surface area contributed by atoms with E-state index in [0.717, 1.165) is 19.3 Å². The van der Waals surface area contributed by atoms with Gasteiger partial charge in [-0.25, -0.2) is 0 Å². The van der Waals surface area contributed by atoms with E-state index in [-0.39, 0.29) is 5.54 Å². The second-order valence-corrected chi connectivity index (χ2v) is 8.00. The SMILES string of the molecule is CCCCCCCCC(CCC)(NC1CCCCC1)C(OC)(OC)OC. The first kappa shape index (κ1) is 23.9. The minimum atomic E-state index is -1.02. The highest BCUT2D eigenvalue weighted by molar-refractivity contribution is 4.99. The summed E-state index contributed by atoms with van der Waals surface area (Å²) in [6, 6.07) is 0.537. The van der Waals surface area contributed by atoms with Gasteiger partial charge in [-0.1, -0.05) is 78.1 Å². The Morgan fingerprint density at radius 2 is 1.31 bits per heavy atom. The first-order chi connectivity index (χ1) is 12.6. The van der Waals surface area contributed by atoms with E-state index in [0.29, 0.717) is 6.04 Å². The Kier molecular flexibility index (Phi) is 12.0. The fourth-order valence-corrected chi connectivity index (χ4v) is 4.77. The van der Waals surface area contributed by atoms with Crippen molar-refractivity contribution in [1.29, 1.82) is 0 Å². The number of rotatable bonds is 15. The molecule has 0 bridgehead atoms. The fraction of sp³-hybridized carbons (Fsp3) is 1.00. The molecule has 0 radical (unpaired) electrons. The second-order valence-electron chi connectivity index (χ2n) is 8.00. The lowest BCUT2D eigenvalue weighted by Crippen LogP contribution is -2.68. The Labute approximate surface area is 162 Å². The predicted octanol–water partition coefficient (Wildman–Crippen LogP) is 5.79. The lowest BCUT2D eigenvalue weighted by molar-refractivity contribution is -0.392. The Hall–Kier alpha value is -0.160. The minimum Gasteiger partial charge on any atom is -0.329 e. The highest BCUT2D eigenvalue weighted by Gasteiger charge is 2.53. The summed E-state index contributed by atoms with van der Waals surface area (Å²) in [5.41, 5.74) is -0.299. The summed E-state index contributed by atoms with van der Waals surface area (Å²) in [6.07, 6.45) is 17.3. The molecule has 1 fully saturated rings. The van der Waals surface area contributed by atoms with Crippen LogP contribution in [0.15, 0.2) is 0 Å². The summed E-state index contributed by atoms with van der Waals surface area (Å²) < 4.78 is 17.7. The van der Waals surface area contributed by atoms with Gasteiger partial charge in [-0.3, -0.25) is 0 Å². The van der Waals surface area contributed by atoms with Crippen LogP contribution in [0.5, 0.6) is 0 Å². The number of methoxy groups -OCH3 is 3. The van der Waals surface area contributed by atoms with Gasteiger partial charge in [0.15, 0.2) is 0 Å². The molecule has 156 valence electrons. The quantitative estimate of drug-likeness (QED) is 0.292. The van der Waals surface area contributed by atoms with Gasteiger partial charge in [0.05, 0.1) is 0 Å². The van der Waals surface area contributed by atoms with Gasteiger partial charge in [-0.15, -0.1) is 0 Å². The molecule has 1 unspecified atom stereocenters. The lowest BCUT2D eigenvalue weighted by Gasteiger charge is -2.49. The van der Waals surface area contributed by atoms with Crippen molar-refractivity contribution in [3.63, 3.8) is 0 Å². The molecule has 1 rings (SSSR count). The summed E-state index contributed by atoms with van der Waals surface area (Å²) in [6.45, 7) is 4.51. The van der Waals surface area contributed by atoms with Gasteiger partial charge in [0.25, 0.3) is 0 Å². The number of ether oxygens (including phenoxy) is 3. The first-order valence-corrected chi connectivity index (χ1v) is 11.1. The van der Waals surface area contributed by atoms with Crippen molar-refractivity contribution in [2.45, 2.75) is 121 Å². The molecule has 4 nitrogen and oxygen atoms in total. The second kappa shape index (κ2) is 13.1. The highest BCUT2D eigenvalue weighted by Crippen LogP contribution is 2.38. The molecule has 1 N–H and O–H groups in total. The monoisotopic (exact) mass is 371 g/mol. The molecule has 0 saturated heterocycles. The minimum absolute atomic E-state index is 0.299. The standard InChI is InChI=1S/C22H45NO3/c1-6-8-9-10-11-15-19-21(18-7-2,22(24-3,25-4)26-5)23-20-16-13-12-14-17-20/h20,23H,6-19H2,1-5H3. The smallest absolute Gasteiger partial charge is 0.301 e. The summed E-state index contributed by atoms with van der Waals surface area (Å²) in [5.74, 6) is -1.02. The average molecular weight is 372 g/mol. The van der Waals surface area contributed by atoms with E-state index >= 15 is 0 Å². The molecule has 4 heteroatoms. The first-order valence-electron chi connectivity index (χ1n) is 11.1. The zero-order chi connectivity index (χ0) is 19.3. The molecule has 0 spiro atoms. The molecule has 0 aromatic rings. The molecule has 1 aliphatic rings. The molecule has 26 heavy (non-hydrogen) atoms. The van der Waals surface area contributed by atoms with E-state index < -0.39 is 5.97 Å². The van der Waals surface area contributed by atoms with Crippen molar-refractivity contribution in [1.82, 2.24) is 5.32 Å². The fourth-order valence-electron chi connectivity index (χ4n) is 4.77. The van der Waals surface area contributed by atoms with Crippen molar-refractivity contribution in [2.75, 3.05) is 21.3 Å². The number of nitrogens with one attached hydrogen (secondary N) is 1. The summed E-state index contributed by atoms with van der Waals surface area (Å²) in [7, 11) is 5.13. The molecule has 0 aromatic heterocycles. The van der Waals surface area contributed by atoms with Crippen molar-refractivity contribution < 1.29 is 14.2 Å². The predicted molar refractivity (Wildman–Crippen MR) is 109 cm³/mol. The van der Waals surface area contributed by atoms with E-state index in [9.17, 15) is 0 Å². The largest absolute Gasteiger partial charge is 0.329 e. The lowest BCUT2D eigenvalue weighted by atomic mass is 9.81. The number of hydrogen-bond donors (Lipinski definition) is 1. The third-order valence-corrected chi connectivity index (χ3v) is 6.11. The van der Waals surface area contributed by atoms with E-state index in [1.807, 2.05) is 0 Å². The molecule has 1 saturated carbocycles. The normalized spacial score (nSPS) is 18.8. The molecule has 0 heterocycles. The summed E-state index contributed by atoms with van der Waals surface area (Å²) in [4.78, 5) is 0. The van der Waals surface area contributed by atoms with Crippen LogP contribution in [0.25, 0.3) is 0 Å². The Morgan fingerprint density at radius 1 is 0.731 bits per heavy atom. The maximum Gasteiger partial charge on any atom is 0.301 e. The van der Waals surface area contributed by atoms with Crippen molar-refractivity contribution in [3.8, 4) is 0 Å². The zero-order valence-corrected chi connectivity index (χ0v) is 18.2. The van der Waals surface area contributed by atoms with E-state index in [4.69, 9.17) is 14.2 Å². The van der Waals surface area contributed by atoms with E-state index in [1.54, 1.807) is 21.3 Å². The molecule has 0 amide bonds. The van der Waals surface area contributed by atoms with Crippen LogP contribution >= 0.6 is 0 Å². The van der Waals surface area contributed by atoms with Crippen LogP contribution in [0.1, 0.15) is 104 Å². The highest BCUT2D eigenvalue weighted by atomic mass is 16.9. The molecule has 1 aliphatic carbocycles. The Balaban J connectivity index is 2.89. The topological polar surface area (TPSA) is 39.7 Å². The van der Waals surface area contributed by atoms with Crippen LogP contribution < -0.4 is 5.32 Å². The van der Waals surface area contributed by atoms with Gasteiger partial charge in [0.2, 0.25) is 0 Å². The van der Waals surface area contributed by atoms with Crippen molar-refractivity contribution in [2.24, 2.45) is 0 Å². The average Bonchev–Trinajstić information content (AvgIpc) is 2.67. The Morgan fingerprint density at radius 3 is 1.85 bits per heavy atom. The van der Waals surface area contributed by atoms with Gasteiger partial charge >= 0.3 is 5.97 Å². The van der Waals surface area contributed by atoms with E-state index in [1.165, 1.54) is 70.6 Å². The van der Waals surface area contributed by atoms with Crippen LogP contribution in [0.2, 0.25) is 0 Å². The molecule has 1 atom stereocenters. The number of unbranched alkanes of at least 4 members (excludes halogenated alkanes) is 5. The van der Waals surface area contributed by atoms with Gasteiger partial charge < -0.3 is 19.5 Å². The maximum atomic E-state index is 5.88. The molecule has 0 aliphatic heterocycles. The van der Waals surface area contributed by atoms with Crippen LogP contribution in [-0.2, 0) is 14.2 Å². The van der Waals surface area contributed by atoms with Crippen LogP contribution in [0.3, 0.4) is 0 Å². The zero-order valence-electron chi connectivity index (χ0n) is 18.2. The van der Waals surface area contributed by atoms with Gasteiger partial charge in [0, 0.05) is 27.4 Å². The van der Waals surface area contributed by atoms with Gasteiger partial charge in [-0.05, 0) is 25.7 Å². The van der Waals surface area contributed by atoms with Crippen LogP contribution in [0.4, 0.5) is 0 Å². The third-order valence-electron chi connectivity index (χ3n) is 6.11. The summed E-state index contributed by atoms with van der Waals surface area (Å²) in [5, 5.41) is 3.99. The van der Waals surface area contributed by atoms with Crippen molar-refractivity contribution in [3.05, 3.63) is 0 Å². The summed E-state index contributed by atoms with van der Waals surface area (Å²) >= 11 is 0. The van der Waals surface area contributed by atoms with Crippen LogP contribution in [-0.4, -0.2) is 38.9 Å². The third kappa shape index (κ3) is 6.47. The van der Waals surface area contributed by atoms with Gasteiger partial charge in [0.1, 0.15) is 5.54 Å².